The van der Waals surface area contributed by atoms with Gasteiger partial charge in [0.1, 0.15) is 5.75 Å². The molecule has 0 aliphatic carbocycles. The molecule has 0 aromatic heterocycles. The highest BCUT2D eigenvalue weighted by molar-refractivity contribution is 5.46. The summed E-state index contributed by atoms with van der Waals surface area (Å²) in [6, 6.07) is 6.62. The molecule has 1 aromatic carbocycles. The van der Waals surface area contributed by atoms with Crippen LogP contribution in [0.1, 0.15) is 56.2 Å². The lowest BCUT2D eigenvalue weighted by Gasteiger charge is -2.20. The van der Waals surface area contributed by atoms with Crippen LogP contribution in [0.5, 0.6) is 5.75 Å². The maximum Gasteiger partial charge on any atom is 0.122 e. The molecule has 1 unspecified atom stereocenters. The van der Waals surface area contributed by atoms with Gasteiger partial charge in [-0.05, 0) is 41.5 Å². The predicted octanol–water partition coefficient (Wildman–Crippen LogP) is 4.39. The Morgan fingerprint density at radius 2 is 1.72 bits per heavy atom. The summed E-state index contributed by atoms with van der Waals surface area (Å²) < 4.78 is 5.43. The van der Waals surface area contributed by atoms with Crippen LogP contribution < -0.4 is 4.74 Å². The number of hydrogen-bond acceptors (Lipinski definition) is 2. The normalized spacial score (nSPS) is 12.6. The molecule has 0 saturated heterocycles. The van der Waals surface area contributed by atoms with Crippen molar-refractivity contribution in [2.45, 2.75) is 46.5 Å². The van der Waals surface area contributed by atoms with Crippen LogP contribution in [0.3, 0.4) is 0 Å². The Bertz CT molecular complexity index is 455. The first-order valence-corrected chi connectivity index (χ1v) is 6.50. The highest BCUT2D eigenvalue weighted by Crippen LogP contribution is 2.34. The van der Waals surface area contributed by atoms with E-state index in [1.165, 1.54) is 5.56 Å². The predicted molar refractivity (Wildman–Crippen MR) is 75.0 cm³/mol. The van der Waals surface area contributed by atoms with Crippen molar-refractivity contribution in [3.63, 3.8) is 0 Å². The van der Waals surface area contributed by atoms with Gasteiger partial charge in [0.15, 0.2) is 0 Å². The average Bonchev–Trinajstić information content (AvgIpc) is 2.30. The van der Waals surface area contributed by atoms with Crippen LogP contribution in [-0.2, 0) is 0 Å². The SMILES string of the molecule is COc1cc(C)c(C(C#N)C(C)C)cc1C(C)C. The molecule has 0 aliphatic heterocycles. The first-order valence-electron chi connectivity index (χ1n) is 6.50. The molecule has 2 heteroatoms. The summed E-state index contributed by atoms with van der Waals surface area (Å²) in [5.41, 5.74) is 3.45. The van der Waals surface area contributed by atoms with Crippen molar-refractivity contribution in [2.24, 2.45) is 5.92 Å². The van der Waals surface area contributed by atoms with Crippen LogP contribution in [-0.4, -0.2) is 7.11 Å². The van der Waals surface area contributed by atoms with Crippen molar-refractivity contribution < 1.29 is 4.74 Å². The molecular weight excluding hydrogens is 222 g/mol. The molecule has 0 bridgehead atoms. The standard InChI is InChI=1S/C16H23NO/c1-10(2)13-8-14(15(9-17)11(3)4)12(5)7-16(13)18-6/h7-8,10-11,15H,1-6H3. The maximum atomic E-state index is 9.35. The van der Waals surface area contributed by atoms with E-state index in [1.807, 2.05) is 0 Å². The van der Waals surface area contributed by atoms with E-state index in [0.717, 1.165) is 16.9 Å². The maximum absolute atomic E-state index is 9.35. The fourth-order valence-corrected chi connectivity index (χ4v) is 2.26. The van der Waals surface area contributed by atoms with Crippen molar-refractivity contribution in [3.8, 4) is 11.8 Å². The summed E-state index contributed by atoms with van der Waals surface area (Å²) in [5, 5.41) is 9.35. The molecule has 0 aliphatic rings. The molecule has 1 aromatic rings. The van der Waals surface area contributed by atoms with Crippen molar-refractivity contribution >= 4 is 0 Å². The lowest BCUT2D eigenvalue weighted by atomic mass is 9.84. The summed E-state index contributed by atoms with van der Waals surface area (Å²) >= 11 is 0. The summed E-state index contributed by atoms with van der Waals surface area (Å²) in [4.78, 5) is 0. The zero-order valence-electron chi connectivity index (χ0n) is 12.2. The van der Waals surface area contributed by atoms with Crippen molar-refractivity contribution in [2.75, 3.05) is 7.11 Å². The zero-order valence-corrected chi connectivity index (χ0v) is 12.2. The van der Waals surface area contributed by atoms with Crippen LogP contribution in [0, 0.1) is 24.2 Å². The number of hydrogen-bond donors (Lipinski definition) is 0. The Morgan fingerprint density at radius 3 is 2.11 bits per heavy atom. The summed E-state index contributed by atoms with van der Waals surface area (Å²) in [5.74, 6) is 1.59. The third-order valence-corrected chi connectivity index (χ3v) is 3.38. The van der Waals surface area contributed by atoms with E-state index < -0.39 is 0 Å². The molecule has 0 N–H and O–H groups in total. The van der Waals surface area contributed by atoms with Gasteiger partial charge in [-0.1, -0.05) is 33.8 Å². The molecule has 0 spiro atoms. The first-order chi connectivity index (χ1) is 8.42. The van der Waals surface area contributed by atoms with Crippen LogP contribution in [0.25, 0.3) is 0 Å². The van der Waals surface area contributed by atoms with E-state index in [9.17, 15) is 5.26 Å². The summed E-state index contributed by atoms with van der Waals surface area (Å²) in [7, 11) is 1.70. The van der Waals surface area contributed by atoms with Gasteiger partial charge in [-0.25, -0.2) is 0 Å². The van der Waals surface area contributed by atoms with Gasteiger partial charge in [-0.3, -0.25) is 0 Å². The third-order valence-electron chi connectivity index (χ3n) is 3.38. The number of benzene rings is 1. The van der Waals surface area contributed by atoms with Crippen LogP contribution in [0.15, 0.2) is 12.1 Å². The van der Waals surface area contributed by atoms with Gasteiger partial charge in [-0.15, -0.1) is 0 Å². The number of methoxy groups -OCH3 is 1. The van der Waals surface area contributed by atoms with Crippen LogP contribution >= 0.6 is 0 Å². The second-order valence-electron chi connectivity index (χ2n) is 5.46. The number of nitriles is 1. The molecule has 0 amide bonds. The van der Waals surface area contributed by atoms with Crippen molar-refractivity contribution in [3.05, 3.63) is 28.8 Å². The van der Waals surface area contributed by atoms with Gasteiger partial charge in [0.05, 0.1) is 19.1 Å². The summed E-state index contributed by atoms with van der Waals surface area (Å²) in [6.07, 6.45) is 0. The van der Waals surface area contributed by atoms with Gasteiger partial charge in [0.25, 0.3) is 0 Å². The van der Waals surface area contributed by atoms with E-state index in [2.05, 4.69) is 52.8 Å². The fourth-order valence-electron chi connectivity index (χ4n) is 2.26. The Morgan fingerprint density at radius 1 is 1.11 bits per heavy atom. The molecule has 18 heavy (non-hydrogen) atoms. The van der Waals surface area contributed by atoms with Gasteiger partial charge < -0.3 is 4.74 Å². The highest BCUT2D eigenvalue weighted by atomic mass is 16.5. The fraction of sp³-hybridized carbons (Fsp3) is 0.562. The van der Waals surface area contributed by atoms with Crippen LogP contribution in [0.2, 0.25) is 0 Å². The monoisotopic (exact) mass is 245 g/mol. The summed E-state index contributed by atoms with van der Waals surface area (Å²) in [6.45, 7) is 10.5. The van der Waals surface area contributed by atoms with Gasteiger partial charge >= 0.3 is 0 Å². The quantitative estimate of drug-likeness (QED) is 0.788. The van der Waals surface area contributed by atoms with Crippen LogP contribution in [0.4, 0.5) is 0 Å². The molecule has 0 heterocycles. The minimum Gasteiger partial charge on any atom is -0.496 e. The topological polar surface area (TPSA) is 33.0 Å². The molecule has 0 fully saturated rings. The van der Waals surface area contributed by atoms with Gasteiger partial charge in [0, 0.05) is 0 Å². The number of ether oxygens (including phenoxy) is 1. The second-order valence-corrected chi connectivity index (χ2v) is 5.46. The number of nitrogens with zero attached hydrogens (tertiary/aromatic N) is 1. The minimum atomic E-state index is -0.0478. The molecule has 2 nitrogen and oxygen atoms in total. The molecular formula is C16H23NO. The molecule has 0 radical (unpaired) electrons. The van der Waals surface area contributed by atoms with E-state index in [4.69, 9.17) is 4.74 Å². The third kappa shape index (κ3) is 2.85. The van der Waals surface area contributed by atoms with Gasteiger partial charge in [-0.2, -0.15) is 5.26 Å². The lowest BCUT2D eigenvalue weighted by Crippen LogP contribution is -2.08. The zero-order chi connectivity index (χ0) is 13.9. The minimum absolute atomic E-state index is 0.0478. The van der Waals surface area contributed by atoms with Crippen molar-refractivity contribution in [1.82, 2.24) is 0 Å². The Hall–Kier alpha value is -1.49. The molecule has 0 saturated carbocycles. The van der Waals surface area contributed by atoms with E-state index in [0.29, 0.717) is 11.8 Å². The van der Waals surface area contributed by atoms with E-state index in [-0.39, 0.29) is 5.92 Å². The Labute approximate surface area is 111 Å². The number of aryl methyl sites for hydroxylation is 1. The largest absolute Gasteiger partial charge is 0.496 e. The Balaban J connectivity index is 3.38. The highest BCUT2D eigenvalue weighted by Gasteiger charge is 2.20. The van der Waals surface area contributed by atoms with Gasteiger partial charge in [0.2, 0.25) is 0 Å². The molecule has 1 rings (SSSR count). The lowest BCUT2D eigenvalue weighted by molar-refractivity contribution is 0.406. The van der Waals surface area contributed by atoms with E-state index >= 15 is 0 Å². The molecule has 98 valence electrons. The van der Waals surface area contributed by atoms with Crippen molar-refractivity contribution in [1.29, 1.82) is 5.26 Å². The first kappa shape index (κ1) is 14.6. The number of rotatable bonds is 4. The average molecular weight is 245 g/mol. The van der Waals surface area contributed by atoms with E-state index in [1.54, 1.807) is 7.11 Å². The second kappa shape index (κ2) is 5.91. The Kier molecular flexibility index (Phi) is 4.78. The smallest absolute Gasteiger partial charge is 0.122 e. The molecule has 1 atom stereocenters.